The fraction of sp³-hybridized carbons (Fsp3) is 0.0714. The Bertz CT molecular complexity index is 684. The summed E-state index contributed by atoms with van der Waals surface area (Å²) in [7, 11) is 0. The first kappa shape index (κ1) is 15.2. The average molecular weight is 322 g/mol. The number of amides is 2. The van der Waals surface area contributed by atoms with Crippen LogP contribution in [0.3, 0.4) is 0 Å². The molecule has 0 aliphatic heterocycles. The number of hydrogen-bond donors (Lipinski definition) is 2. The molecule has 0 radical (unpaired) electrons. The Kier molecular flexibility index (Phi) is 5.08. The van der Waals surface area contributed by atoms with Crippen molar-refractivity contribution in [2.24, 2.45) is 5.10 Å². The number of hydrazone groups is 1. The summed E-state index contributed by atoms with van der Waals surface area (Å²) in [6.45, 7) is 1.79. The van der Waals surface area contributed by atoms with Crippen molar-refractivity contribution in [1.82, 2.24) is 5.43 Å². The number of anilines is 1. The van der Waals surface area contributed by atoms with Crippen molar-refractivity contribution in [1.29, 1.82) is 0 Å². The van der Waals surface area contributed by atoms with Crippen LogP contribution in [0.1, 0.15) is 10.4 Å². The Labute approximate surface area is 130 Å². The van der Waals surface area contributed by atoms with E-state index < -0.39 is 11.8 Å². The minimum Gasteiger partial charge on any atom is -0.317 e. The molecule has 1 heterocycles. The minimum atomic E-state index is -0.836. The zero-order valence-electron chi connectivity index (χ0n) is 11.1. The third kappa shape index (κ3) is 4.40. The second-order valence-electron chi connectivity index (χ2n) is 4.13. The first-order valence-electron chi connectivity index (χ1n) is 6.00. The highest BCUT2D eigenvalue weighted by Crippen LogP contribution is 2.19. The lowest BCUT2D eigenvalue weighted by atomic mass is 10.2. The second kappa shape index (κ2) is 7.01. The van der Waals surface area contributed by atoms with Crippen molar-refractivity contribution in [2.45, 2.75) is 6.92 Å². The number of rotatable bonds is 3. The lowest BCUT2D eigenvalue weighted by molar-refractivity contribution is -0.136. The first-order chi connectivity index (χ1) is 10.1. The summed E-state index contributed by atoms with van der Waals surface area (Å²) >= 11 is 7.30. The molecule has 0 spiro atoms. The third-order valence-corrected chi connectivity index (χ3v) is 3.59. The maximum atomic E-state index is 11.7. The van der Waals surface area contributed by atoms with Gasteiger partial charge in [-0.3, -0.25) is 9.59 Å². The molecule has 21 heavy (non-hydrogen) atoms. The predicted octanol–water partition coefficient (Wildman–Crippen LogP) is 2.80. The van der Waals surface area contributed by atoms with E-state index in [-0.39, 0.29) is 0 Å². The highest BCUT2D eigenvalue weighted by atomic mass is 35.5. The van der Waals surface area contributed by atoms with Crippen molar-refractivity contribution in [3.63, 3.8) is 0 Å². The van der Waals surface area contributed by atoms with Gasteiger partial charge in [0.2, 0.25) is 0 Å². The van der Waals surface area contributed by atoms with Crippen molar-refractivity contribution in [2.75, 3.05) is 5.32 Å². The maximum absolute atomic E-state index is 11.7. The molecule has 108 valence electrons. The molecule has 0 saturated carbocycles. The summed E-state index contributed by atoms with van der Waals surface area (Å²) in [5.41, 5.74) is 3.47. The summed E-state index contributed by atoms with van der Waals surface area (Å²) in [5, 5.41) is 8.67. The predicted molar refractivity (Wildman–Crippen MR) is 84.9 cm³/mol. The Hall–Kier alpha value is -2.18. The Morgan fingerprint density at radius 2 is 2.10 bits per heavy atom. The van der Waals surface area contributed by atoms with Crippen LogP contribution in [0.4, 0.5) is 5.69 Å². The molecule has 5 nitrogen and oxygen atoms in total. The van der Waals surface area contributed by atoms with Gasteiger partial charge in [-0.2, -0.15) is 5.10 Å². The van der Waals surface area contributed by atoms with Gasteiger partial charge in [0.25, 0.3) is 0 Å². The second-order valence-corrected chi connectivity index (χ2v) is 5.54. The Balaban J connectivity index is 1.92. The molecule has 0 aliphatic carbocycles. The topological polar surface area (TPSA) is 70.6 Å². The number of carbonyl (C=O) groups excluding carboxylic acids is 2. The van der Waals surface area contributed by atoms with Gasteiger partial charge in [-0.1, -0.05) is 17.7 Å². The molecule has 1 aromatic heterocycles. The van der Waals surface area contributed by atoms with E-state index in [9.17, 15) is 9.59 Å². The minimum absolute atomic E-state index is 0.529. The van der Waals surface area contributed by atoms with Crippen molar-refractivity contribution >= 4 is 46.7 Å². The number of aryl methyl sites for hydroxylation is 1. The van der Waals surface area contributed by atoms with Crippen LogP contribution in [0.15, 0.2) is 40.8 Å². The van der Waals surface area contributed by atoms with E-state index in [2.05, 4.69) is 15.8 Å². The SMILES string of the molecule is Cc1cc(Cl)ccc1NC(=O)C(=O)N/N=C\c1cccs1. The summed E-state index contributed by atoms with van der Waals surface area (Å²) in [4.78, 5) is 24.2. The molecule has 0 saturated heterocycles. The quantitative estimate of drug-likeness (QED) is 0.518. The van der Waals surface area contributed by atoms with Crippen LogP contribution in [0.2, 0.25) is 5.02 Å². The number of halogens is 1. The summed E-state index contributed by atoms with van der Waals surface area (Å²) < 4.78 is 0. The van der Waals surface area contributed by atoms with Crippen LogP contribution in [0.5, 0.6) is 0 Å². The summed E-state index contributed by atoms with van der Waals surface area (Å²) in [6.07, 6.45) is 1.48. The lowest BCUT2D eigenvalue weighted by Crippen LogP contribution is -2.32. The lowest BCUT2D eigenvalue weighted by Gasteiger charge is -2.07. The van der Waals surface area contributed by atoms with Gasteiger partial charge >= 0.3 is 11.8 Å². The zero-order chi connectivity index (χ0) is 15.2. The molecular weight excluding hydrogens is 310 g/mol. The van der Waals surface area contributed by atoms with E-state index >= 15 is 0 Å². The molecule has 0 bridgehead atoms. The normalized spacial score (nSPS) is 10.6. The Morgan fingerprint density at radius 1 is 1.29 bits per heavy atom. The highest BCUT2D eigenvalue weighted by Gasteiger charge is 2.13. The van der Waals surface area contributed by atoms with Crippen molar-refractivity contribution in [3.05, 3.63) is 51.2 Å². The van der Waals surface area contributed by atoms with Gasteiger partial charge in [0.15, 0.2) is 0 Å². The molecule has 0 fully saturated rings. The number of benzene rings is 1. The van der Waals surface area contributed by atoms with Crippen molar-refractivity contribution < 1.29 is 9.59 Å². The zero-order valence-corrected chi connectivity index (χ0v) is 12.7. The van der Waals surface area contributed by atoms with E-state index in [1.807, 2.05) is 17.5 Å². The number of carbonyl (C=O) groups is 2. The molecule has 7 heteroatoms. The molecular formula is C14H12ClN3O2S. The molecule has 2 N–H and O–H groups in total. The van der Waals surface area contributed by atoms with E-state index in [0.717, 1.165) is 10.4 Å². The van der Waals surface area contributed by atoms with Gasteiger partial charge in [0, 0.05) is 15.6 Å². The van der Waals surface area contributed by atoms with Gasteiger partial charge in [-0.25, -0.2) is 5.43 Å². The molecule has 2 rings (SSSR count). The monoisotopic (exact) mass is 321 g/mol. The van der Waals surface area contributed by atoms with E-state index in [1.54, 1.807) is 25.1 Å². The van der Waals surface area contributed by atoms with E-state index in [4.69, 9.17) is 11.6 Å². The average Bonchev–Trinajstić information content (AvgIpc) is 2.95. The van der Waals surface area contributed by atoms with Crippen LogP contribution in [0.25, 0.3) is 0 Å². The number of thiophene rings is 1. The van der Waals surface area contributed by atoms with Crippen LogP contribution in [0, 0.1) is 6.92 Å². The number of nitrogens with zero attached hydrogens (tertiary/aromatic N) is 1. The fourth-order valence-corrected chi connectivity index (χ4v) is 2.33. The van der Waals surface area contributed by atoms with Crippen LogP contribution in [-0.4, -0.2) is 18.0 Å². The van der Waals surface area contributed by atoms with Gasteiger partial charge in [0.1, 0.15) is 0 Å². The molecule has 0 unspecified atom stereocenters. The highest BCUT2D eigenvalue weighted by molar-refractivity contribution is 7.11. The molecule has 0 aliphatic rings. The molecule has 1 aromatic carbocycles. The summed E-state index contributed by atoms with van der Waals surface area (Å²) in [5.74, 6) is -1.62. The van der Waals surface area contributed by atoms with Crippen LogP contribution in [-0.2, 0) is 9.59 Å². The summed E-state index contributed by atoms with van der Waals surface area (Å²) in [6, 6.07) is 8.68. The third-order valence-electron chi connectivity index (χ3n) is 2.54. The van der Waals surface area contributed by atoms with Gasteiger partial charge < -0.3 is 5.32 Å². The Morgan fingerprint density at radius 3 is 2.76 bits per heavy atom. The fourth-order valence-electron chi connectivity index (χ4n) is 1.52. The van der Waals surface area contributed by atoms with Crippen molar-refractivity contribution in [3.8, 4) is 0 Å². The molecule has 0 atom stereocenters. The van der Waals surface area contributed by atoms with Crippen LogP contribution >= 0.6 is 22.9 Å². The smallest absolute Gasteiger partial charge is 0.317 e. The first-order valence-corrected chi connectivity index (χ1v) is 7.26. The van der Waals surface area contributed by atoms with Gasteiger partial charge in [-0.15, -0.1) is 11.3 Å². The van der Waals surface area contributed by atoms with E-state index in [1.165, 1.54) is 17.6 Å². The molecule has 2 amide bonds. The largest absolute Gasteiger partial charge is 0.329 e. The van der Waals surface area contributed by atoms with Gasteiger partial charge in [-0.05, 0) is 42.1 Å². The van der Waals surface area contributed by atoms with E-state index in [0.29, 0.717) is 10.7 Å². The standard InChI is InChI=1S/C14H12ClN3O2S/c1-9-7-10(15)4-5-12(9)17-13(19)14(20)18-16-8-11-3-2-6-21-11/h2-8H,1H3,(H,17,19)(H,18,20)/b16-8-. The van der Waals surface area contributed by atoms with Crippen LogP contribution < -0.4 is 10.7 Å². The maximum Gasteiger partial charge on any atom is 0.329 e. The number of nitrogens with one attached hydrogen (secondary N) is 2. The molecule has 2 aromatic rings. The number of hydrogen-bond acceptors (Lipinski definition) is 4. The van der Waals surface area contributed by atoms with Gasteiger partial charge in [0.05, 0.1) is 6.21 Å².